The Morgan fingerprint density at radius 1 is 1.22 bits per heavy atom. The normalized spacial score (nSPS) is 16.7. The Kier molecular flexibility index (Phi) is 9.69. The largest absolute Gasteiger partial charge is 0.417 e. The number of aryl methyl sites for hydroxylation is 1. The molecule has 1 aromatic carbocycles. The Morgan fingerprint density at radius 3 is 2.61 bits per heavy atom. The molecule has 1 saturated heterocycles. The summed E-state index contributed by atoms with van der Waals surface area (Å²) in [6.45, 7) is 4.89. The molecule has 218 valence electrons. The van der Waals surface area contributed by atoms with E-state index in [2.05, 4.69) is 25.5 Å². The zero-order valence-corrected chi connectivity index (χ0v) is 23.3. The number of halogens is 4. The molecule has 0 radical (unpaired) electrons. The first-order chi connectivity index (χ1) is 19.5. The van der Waals surface area contributed by atoms with Crippen molar-refractivity contribution in [3.63, 3.8) is 0 Å². The summed E-state index contributed by atoms with van der Waals surface area (Å²) < 4.78 is 41.9. The molecule has 1 fully saturated rings. The van der Waals surface area contributed by atoms with Crippen LogP contribution in [0.1, 0.15) is 30.4 Å². The molecule has 4 rings (SSSR count). The van der Waals surface area contributed by atoms with Gasteiger partial charge in [-0.05, 0) is 63.0 Å². The highest BCUT2D eigenvalue weighted by Gasteiger charge is 2.37. The Hall–Kier alpha value is -3.87. The second-order valence-electron chi connectivity index (χ2n) is 9.77. The predicted octanol–water partition coefficient (Wildman–Crippen LogP) is 4.32. The van der Waals surface area contributed by atoms with E-state index in [4.69, 9.17) is 23.2 Å². The Bertz CT molecular complexity index is 1380. The number of hydrogen-bond acceptors (Lipinski definition) is 8. The van der Waals surface area contributed by atoms with E-state index in [-0.39, 0.29) is 17.7 Å². The molecule has 1 aromatic heterocycles. The van der Waals surface area contributed by atoms with Crippen LogP contribution in [0.3, 0.4) is 0 Å². The predicted molar refractivity (Wildman–Crippen MR) is 154 cm³/mol. The zero-order chi connectivity index (χ0) is 29.6. The molecule has 2 aliphatic rings. The number of hydrazine groups is 1. The molecule has 0 atom stereocenters. The molecule has 0 spiro atoms. The third-order valence-corrected chi connectivity index (χ3v) is 7.18. The van der Waals surface area contributed by atoms with E-state index < -0.39 is 22.7 Å². The number of nitrogens with zero attached hydrogens (tertiary/aromatic N) is 4. The summed E-state index contributed by atoms with van der Waals surface area (Å²) in [5.41, 5.74) is 7.59. The molecule has 1 aliphatic heterocycles. The summed E-state index contributed by atoms with van der Waals surface area (Å²) in [5.74, 6) is 5.53. The fraction of sp³-hybridized carbons (Fsp3) is 0.321. The minimum absolute atomic E-state index is 0.0478. The number of anilines is 2. The van der Waals surface area contributed by atoms with E-state index in [1.54, 1.807) is 18.2 Å². The number of rotatable bonds is 9. The van der Waals surface area contributed by atoms with Gasteiger partial charge in [0.2, 0.25) is 0 Å². The monoisotopic (exact) mass is 588 g/mol. The van der Waals surface area contributed by atoms with Crippen molar-refractivity contribution >= 4 is 34.6 Å². The SMILES string of the molecule is Cc1ccc(NC(=O)C2=CC(C(F)(F)F)=C(Cl)C(NCCN3CCCC3)=CC2)cc1N(N)/C=C(\N)c1cncnc1. The topological polar surface area (TPSA) is 125 Å². The number of likely N-dealkylation sites (tertiary alicyclic amines) is 1. The number of benzene rings is 1. The van der Waals surface area contributed by atoms with Gasteiger partial charge in [0.15, 0.2) is 0 Å². The third kappa shape index (κ3) is 7.87. The maximum atomic E-state index is 14.0. The molecule has 6 N–H and O–H groups in total. The van der Waals surface area contributed by atoms with Crippen molar-refractivity contribution in [2.24, 2.45) is 11.6 Å². The van der Waals surface area contributed by atoms with Crippen LogP contribution in [0.25, 0.3) is 5.70 Å². The lowest BCUT2D eigenvalue weighted by atomic mass is 10.1. The first-order valence-electron chi connectivity index (χ1n) is 13.1. The summed E-state index contributed by atoms with van der Waals surface area (Å²) in [4.78, 5) is 23.3. The van der Waals surface area contributed by atoms with Gasteiger partial charge in [-0.2, -0.15) is 13.2 Å². The van der Waals surface area contributed by atoms with Crippen LogP contribution in [0.4, 0.5) is 24.5 Å². The third-order valence-electron chi connectivity index (χ3n) is 6.77. The van der Waals surface area contributed by atoms with Crippen molar-refractivity contribution in [2.75, 3.05) is 36.5 Å². The number of allylic oxidation sites excluding steroid dienone is 4. The van der Waals surface area contributed by atoms with E-state index in [1.165, 1.54) is 36.0 Å². The first-order valence-corrected chi connectivity index (χ1v) is 13.4. The smallest absolute Gasteiger partial charge is 0.397 e. The Labute approximate surface area is 241 Å². The van der Waals surface area contributed by atoms with Gasteiger partial charge in [-0.1, -0.05) is 23.7 Å². The number of aromatic nitrogens is 2. The first kappa shape index (κ1) is 30.1. The van der Waals surface area contributed by atoms with Gasteiger partial charge >= 0.3 is 6.18 Å². The van der Waals surface area contributed by atoms with Crippen LogP contribution in [-0.2, 0) is 4.79 Å². The molecule has 1 aliphatic carbocycles. The van der Waals surface area contributed by atoms with E-state index in [1.807, 2.05) is 6.92 Å². The summed E-state index contributed by atoms with van der Waals surface area (Å²) >= 11 is 6.22. The lowest BCUT2D eigenvalue weighted by Gasteiger charge is -2.19. The van der Waals surface area contributed by atoms with Crippen LogP contribution in [0.15, 0.2) is 77.1 Å². The van der Waals surface area contributed by atoms with Crippen molar-refractivity contribution in [1.82, 2.24) is 20.2 Å². The van der Waals surface area contributed by atoms with Crippen LogP contribution in [0.5, 0.6) is 0 Å². The number of hydrogen-bond donors (Lipinski definition) is 4. The van der Waals surface area contributed by atoms with Gasteiger partial charge in [-0.3, -0.25) is 9.80 Å². The highest BCUT2D eigenvalue weighted by Crippen LogP contribution is 2.36. The highest BCUT2D eigenvalue weighted by molar-refractivity contribution is 6.32. The number of carbonyl (C=O) groups is 1. The minimum atomic E-state index is -4.75. The second-order valence-corrected chi connectivity index (χ2v) is 10.1. The van der Waals surface area contributed by atoms with Crippen LogP contribution in [0.2, 0.25) is 0 Å². The number of carbonyl (C=O) groups excluding carboxylic acids is 1. The summed E-state index contributed by atoms with van der Waals surface area (Å²) in [5, 5.41) is 6.52. The number of alkyl halides is 3. The Balaban J connectivity index is 1.51. The van der Waals surface area contributed by atoms with Gasteiger partial charge in [-0.25, -0.2) is 15.8 Å². The van der Waals surface area contributed by atoms with Crippen molar-refractivity contribution < 1.29 is 18.0 Å². The molecule has 41 heavy (non-hydrogen) atoms. The fourth-order valence-corrected chi connectivity index (χ4v) is 4.84. The van der Waals surface area contributed by atoms with Gasteiger partial charge in [0.25, 0.3) is 5.91 Å². The van der Waals surface area contributed by atoms with E-state index in [9.17, 15) is 18.0 Å². The van der Waals surface area contributed by atoms with E-state index >= 15 is 0 Å². The average Bonchev–Trinajstić information content (AvgIpc) is 3.39. The van der Waals surface area contributed by atoms with Crippen LogP contribution in [0, 0.1) is 6.92 Å². The molecular weight excluding hydrogens is 557 g/mol. The molecule has 9 nitrogen and oxygen atoms in total. The number of amides is 1. The van der Waals surface area contributed by atoms with Gasteiger partial charge in [0.1, 0.15) is 6.33 Å². The van der Waals surface area contributed by atoms with Gasteiger partial charge < -0.3 is 21.3 Å². The summed E-state index contributed by atoms with van der Waals surface area (Å²) in [7, 11) is 0. The van der Waals surface area contributed by atoms with Crippen molar-refractivity contribution in [3.8, 4) is 0 Å². The maximum absolute atomic E-state index is 14.0. The average molecular weight is 589 g/mol. The van der Waals surface area contributed by atoms with E-state index in [0.717, 1.165) is 37.6 Å². The Morgan fingerprint density at radius 2 is 1.93 bits per heavy atom. The molecule has 0 saturated carbocycles. The van der Waals surface area contributed by atoms with Gasteiger partial charge in [0.05, 0.1) is 22.0 Å². The zero-order valence-electron chi connectivity index (χ0n) is 22.5. The summed E-state index contributed by atoms with van der Waals surface area (Å²) in [6, 6.07) is 4.96. The molecule has 2 heterocycles. The molecule has 13 heteroatoms. The lowest BCUT2D eigenvalue weighted by Crippen LogP contribution is -2.30. The number of nitrogens with two attached hydrogens (primary N) is 2. The van der Waals surface area contributed by atoms with Crippen LogP contribution >= 0.6 is 11.6 Å². The molecular formula is C28H32ClF3N8O. The second kappa shape index (κ2) is 13.2. The van der Waals surface area contributed by atoms with E-state index in [0.29, 0.717) is 35.7 Å². The van der Waals surface area contributed by atoms with Crippen molar-refractivity contribution in [1.29, 1.82) is 0 Å². The quantitative estimate of drug-likeness (QED) is 0.252. The fourth-order valence-electron chi connectivity index (χ4n) is 4.53. The minimum Gasteiger partial charge on any atom is -0.397 e. The van der Waals surface area contributed by atoms with Crippen molar-refractivity contribution in [3.05, 3.63) is 88.3 Å². The highest BCUT2D eigenvalue weighted by atomic mass is 35.5. The van der Waals surface area contributed by atoms with Crippen LogP contribution < -0.4 is 27.2 Å². The van der Waals surface area contributed by atoms with Gasteiger partial charge in [0, 0.05) is 54.2 Å². The van der Waals surface area contributed by atoms with Crippen molar-refractivity contribution in [2.45, 2.75) is 32.4 Å². The molecule has 0 unspecified atom stereocenters. The standard InChI is InChI=1S/C28H32ClF3N8O/c1-18-4-6-21(13-25(18)40(34)16-23(33)20-14-35-17-36-15-20)38-27(41)19-5-7-24(26(29)22(12-19)28(30,31)32)37-8-11-39-9-2-3-10-39/h4,6-7,12-17,37H,2-3,5,8-11,33-34H2,1H3,(H,38,41)/b23-16-. The van der Waals surface area contributed by atoms with Crippen LogP contribution in [-0.4, -0.2) is 53.1 Å². The number of nitrogens with one attached hydrogen (secondary N) is 2. The molecule has 0 bridgehead atoms. The van der Waals surface area contributed by atoms with Gasteiger partial charge in [-0.15, -0.1) is 0 Å². The molecule has 1 amide bonds. The lowest BCUT2D eigenvalue weighted by molar-refractivity contribution is -0.112. The maximum Gasteiger partial charge on any atom is 0.417 e. The summed E-state index contributed by atoms with van der Waals surface area (Å²) in [6.07, 6.45) is 5.67. The molecule has 2 aromatic rings.